The molecule has 2 fully saturated rings. The number of hydrogen-bond acceptors (Lipinski definition) is 3. The predicted octanol–water partition coefficient (Wildman–Crippen LogP) is 2.12. The molecule has 1 saturated carbocycles. The summed E-state index contributed by atoms with van der Waals surface area (Å²) in [5.74, 6) is 0. The second-order valence-electron chi connectivity index (χ2n) is 5.53. The van der Waals surface area contributed by atoms with Crippen molar-refractivity contribution in [1.82, 2.24) is 4.90 Å². The molecular formula is C12H24N2OS. The normalized spacial score (nSPS) is 28.0. The van der Waals surface area contributed by atoms with E-state index in [4.69, 9.17) is 0 Å². The summed E-state index contributed by atoms with van der Waals surface area (Å²) in [5.41, 5.74) is 0. The van der Waals surface area contributed by atoms with Crippen LogP contribution in [0, 0.1) is 0 Å². The van der Waals surface area contributed by atoms with Crippen LogP contribution in [0.15, 0.2) is 4.36 Å². The van der Waals surface area contributed by atoms with E-state index < -0.39 is 9.73 Å². The molecule has 0 amide bonds. The summed E-state index contributed by atoms with van der Waals surface area (Å²) in [6.45, 7) is 6.72. The molecule has 1 unspecified atom stereocenters. The van der Waals surface area contributed by atoms with Crippen LogP contribution in [0.5, 0.6) is 0 Å². The van der Waals surface area contributed by atoms with Crippen LogP contribution in [0.1, 0.15) is 39.5 Å². The maximum atomic E-state index is 12.3. The minimum Gasteiger partial charge on any atom is -0.301 e. The van der Waals surface area contributed by atoms with Crippen LogP contribution in [-0.4, -0.2) is 45.8 Å². The SMILES string of the molecule is CC(C)N1CCC(N=S(C)(=O)C2CC2)CC1. The van der Waals surface area contributed by atoms with E-state index >= 15 is 0 Å². The van der Waals surface area contributed by atoms with E-state index in [1.165, 1.54) is 0 Å². The zero-order chi connectivity index (χ0) is 11.8. The number of nitrogens with zero attached hydrogens (tertiary/aromatic N) is 2. The van der Waals surface area contributed by atoms with E-state index in [0.29, 0.717) is 17.3 Å². The molecule has 1 saturated heterocycles. The Hall–Kier alpha value is -0.0900. The van der Waals surface area contributed by atoms with Gasteiger partial charge in [0, 0.05) is 40.4 Å². The highest BCUT2D eigenvalue weighted by Crippen LogP contribution is 2.30. The monoisotopic (exact) mass is 244 g/mol. The zero-order valence-corrected chi connectivity index (χ0v) is 11.5. The largest absolute Gasteiger partial charge is 0.301 e. The highest BCUT2D eigenvalue weighted by Gasteiger charge is 2.31. The minimum absolute atomic E-state index is 0.355. The van der Waals surface area contributed by atoms with Crippen molar-refractivity contribution in [3.63, 3.8) is 0 Å². The van der Waals surface area contributed by atoms with Gasteiger partial charge in [-0.15, -0.1) is 0 Å². The third-order valence-electron chi connectivity index (χ3n) is 3.73. The van der Waals surface area contributed by atoms with Crippen molar-refractivity contribution in [2.45, 2.75) is 56.9 Å². The lowest BCUT2D eigenvalue weighted by Gasteiger charge is -2.33. The summed E-state index contributed by atoms with van der Waals surface area (Å²) in [5, 5.41) is 0.413. The first kappa shape index (κ1) is 12.4. The van der Waals surface area contributed by atoms with Crippen LogP contribution >= 0.6 is 0 Å². The molecule has 2 aliphatic rings. The smallest absolute Gasteiger partial charge is 0.0618 e. The van der Waals surface area contributed by atoms with Gasteiger partial charge in [0.05, 0.1) is 6.04 Å². The molecule has 0 spiro atoms. The van der Waals surface area contributed by atoms with E-state index in [0.717, 1.165) is 38.8 Å². The average molecular weight is 244 g/mol. The minimum atomic E-state index is -1.87. The fourth-order valence-electron chi connectivity index (χ4n) is 2.40. The number of hydrogen-bond donors (Lipinski definition) is 0. The standard InChI is InChI=1S/C12H24N2OS/c1-10(2)14-8-6-11(7-9-14)13-16(3,15)12-4-5-12/h10-12H,4-9H2,1-3H3. The Morgan fingerprint density at radius 1 is 1.19 bits per heavy atom. The van der Waals surface area contributed by atoms with E-state index in [9.17, 15) is 4.21 Å². The second kappa shape index (κ2) is 4.65. The molecule has 16 heavy (non-hydrogen) atoms. The van der Waals surface area contributed by atoms with Gasteiger partial charge in [-0.1, -0.05) is 0 Å². The fourth-order valence-corrected chi connectivity index (χ4v) is 4.38. The number of rotatable bonds is 3. The zero-order valence-electron chi connectivity index (χ0n) is 10.7. The topological polar surface area (TPSA) is 32.7 Å². The van der Waals surface area contributed by atoms with Crippen molar-refractivity contribution in [2.24, 2.45) is 4.36 Å². The third-order valence-corrected chi connectivity index (χ3v) is 6.16. The van der Waals surface area contributed by atoms with Crippen LogP contribution in [0.3, 0.4) is 0 Å². The molecule has 94 valence electrons. The first-order valence-electron chi connectivity index (χ1n) is 6.43. The van der Waals surface area contributed by atoms with Crippen molar-refractivity contribution in [1.29, 1.82) is 0 Å². The van der Waals surface area contributed by atoms with Crippen LogP contribution in [-0.2, 0) is 9.73 Å². The molecule has 3 nitrogen and oxygen atoms in total. The van der Waals surface area contributed by atoms with Gasteiger partial charge < -0.3 is 4.90 Å². The summed E-state index contributed by atoms with van der Waals surface area (Å²) in [6, 6.07) is 0.989. The van der Waals surface area contributed by atoms with Crippen LogP contribution in [0.25, 0.3) is 0 Å². The van der Waals surface area contributed by atoms with Gasteiger partial charge in [0.1, 0.15) is 0 Å². The Morgan fingerprint density at radius 2 is 1.75 bits per heavy atom. The van der Waals surface area contributed by atoms with Crippen LogP contribution in [0.2, 0.25) is 0 Å². The summed E-state index contributed by atoms with van der Waals surface area (Å²) in [4.78, 5) is 2.49. The molecule has 1 heterocycles. The van der Waals surface area contributed by atoms with Gasteiger partial charge >= 0.3 is 0 Å². The molecular weight excluding hydrogens is 220 g/mol. The van der Waals surface area contributed by atoms with Gasteiger partial charge in [-0.3, -0.25) is 0 Å². The van der Waals surface area contributed by atoms with Crippen molar-refractivity contribution < 1.29 is 4.21 Å². The van der Waals surface area contributed by atoms with Gasteiger partial charge in [0.25, 0.3) is 0 Å². The highest BCUT2D eigenvalue weighted by atomic mass is 32.2. The molecule has 0 aromatic heterocycles. The van der Waals surface area contributed by atoms with Crippen molar-refractivity contribution in [3.05, 3.63) is 0 Å². The lowest BCUT2D eigenvalue weighted by Crippen LogP contribution is -2.39. The Bertz CT molecular complexity index is 346. The van der Waals surface area contributed by atoms with Gasteiger partial charge in [0.2, 0.25) is 0 Å². The van der Waals surface area contributed by atoms with Gasteiger partial charge in [-0.05, 0) is 39.5 Å². The molecule has 4 heteroatoms. The van der Waals surface area contributed by atoms with Gasteiger partial charge in [-0.25, -0.2) is 8.57 Å². The van der Waals surface area contributed by atoms with Crippen LogP contribution < -0.4 is 0 Å². The van der Waals surface area contributed by atoms with Crippen molar-refractivity contribution in [2.75, 3.05) is 19.3 Å². The van der Waals surface area contributed by atoms with Crippen molar-refractivity contribution in [3.8, 4) is 0 Å². The van der Waals surface area contributed by atoms with E-state index in [2.05, 4.69) is 23.1 Å². The average Bonchev–Trinajstić information content (AvgIpc) is 3.01. The summed E-state index contributed by atoms with van der Waals surface area (Å²) in [6.07, 6.45) is 6.30. The highest BCUT2D eigenvalue weighted by molar-refractivity contribution is 7.93. The van der Waals surface area contributed by atoms with Crippen LogP contribution in [0.4, 0.5) is 0 Å². The quantitative estimate of drug-likeness (QED) is 0.762. The fraction of sp³-hybridized carbons (Fsp3) is 1.00. The number of likely N-dealkylation sites (tertiary alicyclic amines) is 1. The first-order chi connectivity index (χ1) is 7.49. The Morgan fingerprint density at radius 3 is 2.19 bits per heavy atom. The molecule has 0 aromatic rings. The Labute approximate surface area is 99.8 Å². The molecule has 1 aliphatic carbocycles. The maximum absolute atomic E-state index is 12.3. The molecule has 2 rings (SSSR count). The Balaban J connectivity index is 1.92. The predicted molar refractivity (Wildman–Crippen MR) is 69.2 cm³/mol. The second-order valence-corrected chi connectivity index (χ2v) is 8.13. The summed E-state index contributed by atoms with van der Waals surface area (Å²) in [7, 11) is -1.87. The first-order valence-corrected chi connectivity index (χ1v) is 8.42. The molecule has 1 atom stereocenters. The lowest BCUT2D eigenvalue weighted by atomic mass is 10.1. The van der Waals surface area contributed by atoms with E-state index in [-0.39, 0.29) is 0 Å². The van der Waals surface area contributed by atoms with Gasteiger partial charge in [-0.2, -0.15) is 0 Å². The lowest BCUT2D eigenvalue weighted by molar-refractivity contribution is 0.174. The summed E-state index contributed by atoms with van der Waals surface area (Å²) < 4.78 is 16.9. The summed E-state index contributed by atoms with van der Waals surface area (Å²) >= 11 is 0. The molecule has 1 aliphatic heterocycles. The molecule has 0 N–H and O–H groups in total. The Kier molecular flexibility index (Phi) is 3.59. The van der Waals surface area contributed by atoms with E-state index in [1.807, 2.05) is 6.26 Å². The van der Waals surface area contributed by atoms with Crippen molar-refractivity contribution >= 4 is 9.73 Å². The van der Waals surface area contributed by atoms with Gasteiger partial charge in [0.15, 0.2) is 0 Å². The third kappa shape index (κ3) is 2.98. The molecule has 0 bridgehead atoms. The molecule has 0 radical (unpaired) electrons. The number of piperidine rings is 1. The molecule has 0 aromatic carbocycles. The maximum Gasteiger partial charge on any atom is 0.0618 e. The van der Waals surface area contributed by atoms with E-state index in [1.54, 1.807) is 0 Å².